The highest BCUT2D eigenvalue weighted by atomic mass is 19.0. The zero-order valence-corrected chi connectivity index (χ0v) is 6.11. The predicted molar refractivity (Wildman–Crippen MR) is 53.4 cm³/mol. The molecular formula is C7H15BF3N. The van der Waals surface area contributed by atoms with Gasteiger partial charge in [0.25, 0.3) is 0 Å². The summed E-state index contributed by atoms with van der Waals surface area (Å²) in [6.07, 6.45) is 0. The number of hydrogen-bond acceptors (Lipinski definition) is 1. The SMILES string of the molecule is B.CNc1ccccc1.F.F.F. The minimum atomic E-state index is 0. The maximum Gasteiger partial charge on any atom is 0.0814 e. The minimum absolute atomic E-state index is 0. The molecule has 72 valence electrons. The van der Waals surface area contributed by atoms with Crippen molar-refractivity contribution in [3.8, 4) is 0 Å². The fraction of sp³-hybridized carbons (Fsp3) is 0.143. The second kappa shape index (κ2) is 12.5. The first-order chi connectivity index (χ1) is 3.93. The van der Waals surface area contributed by atoms with Crippen molar-refractivity contribution in [3.05, 3.63) is 30.3 Å². The maximum atomic E-state index is 3.03. The van der Waals surface area contributed by atoms with Crippen molar-refractivity contribution in [2.45, 2.75) is 0 Å². The van der Waals surface area contributed by atoms with E-state index in [4.69, 9.17) is 0 Å². The first kappa shape index (κ1) is 22.4. The molecule has 12 heavy (non-hydrogen) atoms. The van der Waals surface area contributed by atoms with Gasteiger partial charge in [-0.05, 0) is 12.1 Å². The standard InChI is InChI=1S/C7H9N.BH3.3FH/c1-8-7-5-3-2-4-6-7;;;;/h2-6,8H,1H3;1H3;3*1H. The van der Waals surface area contributed by atoms with Crippen LogP contribution in [-0.2, 0) is 0 Å². The van der Waals surface area contributed by atoms with Crippen LogP contribution in [0.1, 0.15) is 0 Å². The van der Waals surface area contributed by atoms with E-state index in [1.807, 2.05) is 37.4 Å². The first-order valence-electron chi connectivity index (χ1n) is 2.66. The second-order valence-electron chi connectivity index (χ2n) is 1.62. The van der Waals surface area contributed by atoms with Crippen LogP contribution < -0.4 is 5.32 Å². The summed E-state index contributed by atoms with van der Waals surface area (Å²) >= 11 is 0. The molecule has 1 nitrogen and oxygen atoms in total. The normalized spacial score (nSPS) is 5.75. The van der Waals surface area contributed by atoms with Crippen molar-refractivity contribution >= 4 is 14.1 Å². The minimum Gasteiger partial charge on any atom is -0.388 e. The van der Waals surface area contributed by atoms with Gasteiger partial charge in [-0.25, -0.2) is 0 Å². The summed E-state index contributed by atoms with van der Waals surface area (Å²) in [5.74, 6) is 0. The Morgan fingerprint density at radius 1 is 0.917 bits per heavy atom. The van der Waals surface area contributed by atoms with Crippen LogP contribution in [0.5, 0.6) is 0 Å². The van der Waals surface area contributed by atoms with E-state index < -0.39 is 0 Å². The van der Waals surface area contributed by atoms with E-state index in [2.05, 4.69) is 5.32 Å². The topological polar surface area (TPSA) is 12.0 Å². The van der Waals surface area contributed by atoms with Gasteiger partial charge >= 0.3 is 0 Å². The van der Waals surface area contributed by atoms with Crippen LogP contribution in [0.4, 0.5) is 19.8 Å². The molecular weight excluding hydrogens is 166 g/mol. The van der Waals surface area contributed by atoms with Gasteiger partial charge in [-0.2, -0.15) is 0 Å². The van der Waals surface area contributed by atoms with E-state index in [0.717, 1.165) is 5.69 Å². The Balaban J connectivity index is -0.0000000800. The lowest BCUT2D eigenvalue weighted by Crippen LogP contribution is -1.84. The molecule has 1 N–H and O–H groups in total. The number of para-hydroxylation sites is 1. The molecule has 0 saturated carbocycles. The summed E-state index contributed by atoms with van der Waals surface area (Å²) in [6.45, 7) is 0. The average molecular weight is 181 g/mol. The molecule has 0 aromatic heterocycles. The highest BCUT2D eigenvalue weighted by Gasteiger charge is 1.77. The molecule has 0 aliphatic rings. The molecule has 1 aromatic carbocycles. The predicted octanol–water partition coefficient (Wildman–Crippen LogP) is 1.00. The van der Waals surface area contributed by atoms with Gasteiger partial charge in [-0.3, -0.25) is 14.1 Å². The lowest BCUT2D eigenvalue weighted by Gasteiger charge is -1.94. The molecule has 0 heterocycles. The van der Waals surface area contributed by atoms with E-state index in [1.165, 1.54) is 0 Å². The number of halogens is 3. The molecule has 0 radical (unpaired) electrons. The Morgan fingerprint density at radius 2 is 1.33 bits per heavy atom. The van der Waals surface area contributed by atoms with Gasteiger partial charge in [-0.15, -0.1) is 0 Å². The Hall–Kier alpha value is -1.13. The summed E-state index contributed by atoms with van der Waals surface area (Å²) < 4.78 is 0. The molecule has 0 atom stereocenters. The van der Waals surface area contributed by atoms with Crippen LogP contribution in [0.2, 0.25) is 0 Å². The van der Waals surface area contributed by atoms with Crippen LogP contribution in [0.15, 0.2) is 30.3 Å². The molecule has 0 aliphatic carbocycles. The van der Waals surface area contributed by atoms with Gasteiger partial charge < -0.3 is 5.32 Å². The lowest BCUT2D eigenvalue weighted by atomic mass is 10.3. The highest BCUT2D eigenvalue weighted by Crippen LogP contribution is 2.01. The number of benzene rings is 1. The fourth-order valence-corrected chi connectivity index (χ4v) is 0.605. The van der Waals surface area contributed by atoms with Crippen molar-refractivity contribution < 1.29 is 14.1 Å². The lowest BCUT2D eigenvalue weighted by molar-refractivity contribution is 1.11. The van der Waals surface area contributed by atoms with Crippen molar-refractivity contribution in [1.82, 2.24) is 0 Å². The van der Waals surface area contributed by atoms with E-state index in [-0.39, 0.29) is 22.5 Å². The van der Waals surface area contributed by atoms with Crippen LogP contribution in [0, 0.1) is 0 Å². The molecule has 0 amide bonds. The van der Waals surface area contributed by atoms with E-state index in [1.54, 1.807) is 0 Å². The first-order valence-corrected chi connectivity index (χ1v) is 2.66. The van der Waals surface area contributed by atoms with Gasteiger partial charge in [0.2, 0.25) is 0 Å². The fourth-order valence-electron chi connectivity index (χ4n) is 0.605. The van der Waals surface area contributed by atoms with Crippen LogP contribution in [0.3, 0.4) is 0 Å². The Kier molecular flexibility index (Phi) is 23.5. The highest BCUT2D eigenvalue weighted by molar-refractivity contribution is 5.75. The molecule has 0 spiro atoms. The summed E-state index contributed by atoms with van der Waals surface area (Å²) in [5.41, 5.74) is 1.16. The quantitative estimate of drug-likeness (QED) is 0.637. The van der Waals surface area contributed by atoms with E-state index >= 15 is 0 Å². The van der Waals surface area contributed by atoms with E-state index in [0.29, 0.717) is 0 Å². The molecule has 5 heteroatoms. The van der Waals surface area contributed by atoms with Gasteiger partial charge in [-0.1, -0.05) is 18.2 Å². The Morgan fingerprint density at radius 3 is 1.58 bits per heavy atom. The number of anilines is 1. The van der Waals surface area contributed by atoms with Crippen LogP contribution in [-0.4, -0.2) is 15.5 Å². The van der Waals surface area contributed by atoms with Crippen molar-refractivity contribution in [2.75, 3.05) is 12.4 Å². The van der Waals surface area contributed by atoms with Gasteiger partial charge in [0.15, 0.2) is 0 Å². The molecule has 1 rings (SSSR count). The van der Waals surface area contributed by atoms with E-state index in [9.17, 15) is 0 Å². The molecule has 0 saturated heterocycles. The number of rotatable bonds is 1. The third-order valence-electron chi connectivity index (χ3n) is 1.06. The zero-order valence-electron chi connectivity index (χ0n) is 6.11. The van der Waals surface area contributed by atoms with Crippen LogP contribution >= 0.6 is 0 Å². The number of nitrogens with one attached hydrogen (secondary N) is 1. The smallest absolute Gasteiger partial charge is 0.0814 e. The Bertz CT molecular complexity index is 160. The summed E-state index contributed by atoms with van der Waals surface area (Å²) in [6, 6.07) is 10.1. The van der Waals surface area contributed by atoms with Gasteiger partial charge in [0, 0.05) is 12.7 Å². The van der Waals surface area contributed by atoms with Crippen LogP contribution in [0.25, 0.3) is 0 Å². The Labute approximate surface area is 71.9 Å². The van der Waals surface area contributed by atoms with Crippen molar-refractivity contribution in [1.29, 1.82) is 0 Å². The maximum absolute atomic E-state index is 3.03. The molecule has 1 aromatic rings. The third kappa shape index (κ3) is 6.99. The largest absolute Gasteiger partial charge is 0.388 e. The van der Waals surface area contributed by atoms with Crippen molar-refractivity contribution in [2.24, 2.45) is 0 Å². The van der Waals surface area contributed by atoms with Gasteiger partial charge in [0.1, 0.15) is 0 Å². The second-order valence-corrected chi connectivity index (χ2v) is 1.62. The molecule has 0 fully saturated rings. The summed E-state index contributed by atoms with van der Waals surface area (Å²) in [5, 5.41) is 3.03. The monoisotopic (exact) mass is 181 g/mol. The summed E-state index contributed by atoms with van der Waals surface area (Å²) in [7, 11) is 1.91. The third-order valence-corrected chi connectivity index (χ3v) is 1.06. The summed E-state index contributed by atoms with van der Waals surface area (Å²) in [4.78, 5) is 0. The molecule has 0 aliphatic heterocycles. The number of hydrogen-bond donors (Lipinski definition) is 1. The molecule has 0 bridgehead atoms. The average Bonchev–Trinajstić information content (AvgIpc) is 1.90. The zero-order chi connectivity index (χ0) is 5.82. The molecule has 0 unspecified atom stereocenters. The van der Waals surface area contributed by atoms with Crippen molar-refractivity contribution in [3.63, 3.8) is 0 Å². The van der Waals surface area contributed by atoms with Gasteiger partial charge in [0.05, 0.1) is 8.41 Å².